The van der Waals surface area contributed by atoms with Crippen molar-refractivity contribution in [3.8, 4) is 5.75 Å². The van der Waals surface area contributed by atoms with Crippen LogP contribution in [0.15, 0.2) is 18.2 Å². The molecule has 2 N–H and O–H groups in total. The molecule has 0 aliphatic heterocycles. The third-order valence-corrected chi connectivity index (χ3v) is 1.92. The summed E-state index contributed by atoms with van der Waals surface area (Å²) in [6.45, 7) is 4.37. The van der Waals surface area contributed by atoms with Gasteiger partial charge in [0.2, 0.25) is 0 Å². The molecule has 13 heavy (non-hydrogen) atoms. The molecular weight excluding hydrogens is 186 g/mol. The predicted molar refractivity (Wildman–Crippen MR) is 55.1 cm³/mol. The van der Waals surface area contributed by atoms with Crippen molar-refractivity contribution in [3.63, 3.8) is 0 Å². The topological polar surface area (TPSA) is 35.2 Å². The maximum absolute atomic E-state index is 5.97. The molecular formula is C10H14ClNO. The number of ether oxygens (including phenoxy) is 1. The second kappa shape index (κ2) is 4.49. The minimum absolute atomic E-state index is 0.116. The van der Waals surface area contributed by atoms with Gasteiger partial charge in [-0.1, -0.05) is 23.7 Å². The van der Waals surface area contributed by atoms with Crippen LogP contribution < -0.4 is 10.5 Å². The van der Waals surface area contributed by atoms with Crippen molar-refractivity contribution in [3.05, 3.63) is 28.8 Å². The molecule has 0 amide bonds. The molecule has 72 valence electrons. The Balaban J connectivity index is 3.00. The lowest BCUT2D eigenvalue weighted by atomic mass is 10.2. The van der Waals surface area contributed by atoms with E-state index >= 15 is 0 Å². The average Bonchev–Trinajstić information content (AvgIpc) is 2.08. The van der Waals surface area contributed by atoms with E-state index in [0.717, 1.165) is 5.56 Å². The van der Waals surface area contributed by atoms with E-state index in [1.54, 1.807) is 6.07 Å². The van der Waals surface area contributed by atoms with Gasteiger partial charge in [-0.05, 0) is 19.9 Å². The van der Waals surface area contributed by atoms with Crippen LogP contribution in [-0.4, -0.2) is 6.10 Å². The van der Waals surface area contributed by atoms with Gasteiger partial charge in [0, 0.05) is 12.1 Å². The van der Waals surface area contributed by atoms with E-state index in [2.05, 4.69) is 0 Å². The molecule has 1 aromatic carbocycles. The number of benzene rings is 1. The number of halogens is 1. The molecule has 1 rings (SSSR count). The van der Waals surface area contributed by atoms with Crippen LogP contribution >= 0.6 is 11.6 Å². The summed E-state index contributed by atoms with van der Waals surface area (Å²) in [5, 5.41) is 0.622. The largest absolute Gasteiger partial charge is 0.489 e. The number of hydrogen-bond donors (Lipinski definition) is 1. The van der Waals surface area contributed by atoms with Crippen LogP contribution in [-0.2, 0) is 6.54 Å². The van der Waals surface area contributed by atoms with E-state index in [0.29, 0.717) is 17.3 Å². The zero-order valence-corrected chi connectivity index (χ0v) is 8.64. The predicted octanol–water partition coefficient (Wildman–Crippen LogP) is 2.59. The lowest BCUT2D eigenvalue weighted by molar-refractivity contribution is 0.240. The smallest absolute Gasteiger partial charge is 0.142 e. The van der Waals surface area contributed by atoms with Gasteiger partial charge in [0.05, 0.1) is 11.1 Å². The highest BCUT2D eigenvalue weighted by atomic mass is 35.5. The lowest BCUT2D eigenvalue weighted by Crippen LogP contribution is -2.09. The van der Waals surface area contributed by atoms with E-state index in [-0.39, 0.29) is 6.10 Å². The van der Waals surface area contributed by atoms with Gasteiger partial charge in [-0.15, -0.1) is 0 Å². The van der Waals surface area contributed by atoms with E-state index in [1.165, 1.54) is 0 Å². The lowest BCUT2D eigenvalue weighted by Gasteiger charge is -2.14. The van der Waals surface area contributed by atoms with Crippen LogP contribution in [0, 0.1) is 0 Å². The van der Waals surface area contributed by atoms with Gasteiger partial charge in [0.1, 0.15) is 5.75 Å². The SMILES string of the molecule is CC(C)Oc1c(Cl)cccc1CN. The first kappa shape index (κ1) is 10.4. The minimum Gasteiger partial charge on any atom is -0.489 e. The fraction of sp³-hybridized carbons (Fsp3) is 0.400. The molecule has 0 aliphatic rings. The maximum atomic E-state index is 5.97. The van der Waals surface area contributed by atoms with Crippen LogP contribution in [0.5, 0.6) is 5.75 Å². The van der Waals surface area contributed by atoms with Gasteiger partial charge in [-0.25, -0.2) is 0 Å². The van der Waals surface area contributed by atoms with Crippen LogP contribution in [0.3, 0.4) is 0 Å². The molecule has 2 nitrogen and oxygen atoms in total. The Morgan fingerprint density at radius 2 is 2.15 bits per heavy atom. The maximum Gasteiger partial charge on any atom is 0.142 e. The number of hydrogen-bond acceptors (Lipinski definition) is 2. The standard InChI is InChI=1S/C10H14ClNO/c1-7(2)13-10-8(6-12)4-3-5-9(10)11/h3-5,7H,6,12H2,1-2H3. The molecule has 0 heterocycles. The van der Waals surface area contributed by atoms with E-state index < -0.39 is 0 Å². The van der Waals surface area contributed by atoms with Crippen molar-refractivity contribution < 1.29 is 4.74 Å². The van der Waals surface area contributed by atoms with Gasteiger partial charge in [0.15, 0.2) is 0 Å². The van der Waals surface area contributed by atoms with Crippen molar-refractivity contribution in [2.24, 2.45) is 5.73 Å². The highest BCUT2D eigenvalue weighted by Crippen LogP contribution is 2.29. The van der Waals surface area contributed by atoms with Gasteiger partial charge < -0.3 is 10.5 Å². The van der Waals surface area contributed by atoms with Gasteiger partial charge in [-0.3, -0.25) is 0 Å². The number of para-hydroxylation sites is 1. The summed E-state index contributed by atoms with van der Waals surface area (Å²) >= 11 is 5.97. The number of nitrogens with two attached hydrogens (primary N) is 1. The molecule has 1 aromatic rings. The molecule has 0 bridgehead atoms. The quantitative estimate of drug-likeness (QED) is 0.812. The van der Waals surface area contributed by atoms with E-state index in [9.17, 15) is 0 Å². The summed E-state index contributed by atoms with van der Waals surface area (Å²) in [4.78, 5) is 0. The molecule has 0 unspecified atom stereocenters. The van der Waals surface area contributed by atoms with Crippen molar-refractivity contribution in [2.75, 3.05) is 0 Å². The summed E-state index contributed by atoms with van der Waals surface area (Å²) < 4.78 is 5.56. The molecule has 0 fully saturated rings. The summed E-state index contributed by atoms with van der Waals surface area (Å²) in [5.41, 5.74) is 6.50. The first-order valence-electron chi connectivity index (χ1n) is 4.29. The monoisotopic (exact) mass is 199 g/mol. The fourth-order valence-corrected chi connectivity index (χ4v) is 1.32. The van der Waals surface area contributed by atoms with Gasteiger partial charge in [0.25, 0.3) is 0 Å². The Labute approximate surface area is 83.6 Å². The van der Waals surface area contributed by atoms with E-state index in [4.69, 9.17) is 22.1 Å². The Bertz CT molecular complexity index is 286. The van der Waals surface area contributed by atoms with Crippen molar-refractivity contribution in [1.82, 2.24) is 0 Å². The molecule has 0 atom stereocenters. The Hall–Kier alpha value is -0.730. The summed E-state index contributed by atoms with van der Waals surface area (Å²) in [6.07, 6.45) is 0.116. The van der Waals surface area contributed by atoms with Crippen LogP contribution in [0.2, 0.25) is 5.02 Å². The summed E-state index contributed by atoms with van der Waals surface area (Å²) in [6, 6.07) is 5.60. The molecule has 0 saturated heterocycles. The third kappa shape index (κ3) is 2.61. The van der Waals surface area contributed by atoms with E-state index in [1.807, 2.05) is 26.0 Å². The van der Waals surface area contributed by atoms with Crippen LogP contribution in [0.1, 0.15) is 19.4 Å². The second-order valence-corrected chi connectivity index (χ2v) is 3.51. The normalized spacial score (nSPS) is 10.5. The first-order chi connectivity index (χ1) is 6.15. The van der Waals surface area contributed by atoms with Crippen LogP contribution in [0.4, 0.5) is 0 Å². The molecule has 0 aromatic heterocycles. The van der Waals surface area contributed by atoms with Crippen molar-refractivity contribution in [2.45, 2.75) is 26.5 Å². The van der Waals surface area contributed by atoms with Crippen molar-refractivity contribution in [1.29, 1.82) is 0 Å². The summed E-state index contributed by atoms with van der Waals surface area (Å²) in [5.74, 6) is 0.710. The fourth-order valence-electron chi connectivity index (χ4n) is 1.08. The Morgan fingerprint density at radius 1 is 1.46 bits per heavy atom. The molecule has 0 aliphatic carbocycles. The minimum atomic E-state index is 0.116. The number of rotatable bonds is 3. The summed E-state index contributed by atoms with van der Waals surface area (Å²) in [7, 11) is 0. The second-order valence-electron chi connectivity index (χ2n) is 3.10. The first-order valence-corrected chi connectivity index (χ1v) is 4.67. The van der Waals surface area contributed by atoms with Crippen molar-refractivity contribution >= 4 is 11.6 Å². The molecule has 0 radical (unpaired) electrons. The van der Waals surface area contributed by atoms with Crippen LogP contribution in [0.25, 0.3) is 0 Å². The Morgan fingerprint density at radius 3 is 2.69 bits per heavy atom. The Kier molecular flexibility index (Phi) is 3.58. The third-order valence-electron chi connectivity index (χ3n) is 1.62. The average molecular weight is 200 g/mol. The van der Waals surface area contributed by atoms with Gasteiger partial charge >= 0.3 is 0 Å². The highest BCUT2D eigenvalue weighted by Gasteiger charge is 2.08. The molecule has 0 saturated carbocycles. The highest BCUT2D eigenvalue weighted by molar-refractivity contribution is 6.32. The van der Waals surface area contributed by atoms with Gasteiger partial charge in [-0.2, -0.15) is 0 Å². The zero-order valence-electron chi connectivity index (χ0n) is 7.88. The molecule has 0 spiro atoms. The zero-order chi connectivity index (χ0) is 9.84. The molecule has 3 heteroatoms.